The Morgan fingerprint density at radius 3 is 2.30 bits per heavy atom. The molecule has 0 aromatic heterocycles. The number of nitrogens with one attached hydrogen (secondary N) is 1. The molecule has 0 saturated heterocycles. The Labute approximate surface area is 121 Å². The first kappa shape index (κ1) is 17.0. The number of nitrogens with two attached hydrogens (primary N) is 1. The van der Waals surface area contributed by atoms with Crippen molar-refractivity contribution in [2.75, 3.05) is 6.54 Å². The summed E-state index contributed by atoms with van der Waals surface area (Å²) in [5.41, 5.74) is 5.64. The van der Waals surface area contributed by atoms with Gasteiger partial charge in [-0.1, -0.05) is 33.1 Å². The Morgan fingerprint density at radius 1 is 1.25 bits per heavy atom. The zero-order valence-corrected chi connectivity index (χ0v) is 12.6. The molecule has 1 aliphatic carbocycles. The van der Waals surface area contributed by atoms with Crippen molar-refractivity contribution < 1.29 is 14.7 Å². The molecule has 5 heteroatoms. The van der Waals surface area contributed by atoms with Crippen LogP contribution in [0.1, 0.15) is 52.4 Å². The lowest BCUT2D eigenvalue weighted by Gasteiger charge is -2.29. The predicted octanol–water partition coefficient (Wildman–Crippen LogP) is 1.76. The van der Waals surface area contributed by atoms with Crippen LogP contribution in [0.4, 0.5) is 0 Å². The van der Waals surface area contributed by atoms with Gasteiger partial charge in [0.1, 0.15) is 6.04 Å². The van der Waals surface area contributed by atoms with Crippen molar-refractivity contribution in [3.05, 3.63) is 0 Å². The van der Waals surface area contributed by atoms with Crippen LogP contribution < -0.4 is 11.1 Å². The van der Waals surface area contributed by atoms with Gasteiger partial charge in [-0.2, -0.15) is 0 Å². The van der Waals surface area contributed by atoms with Crippen molar-refractivity contribution in [3.63, 3.8) is 0 Å². The van der Waals surface area contributed by atoms with Gasteiger partial charge in [0.2, 0.25) is 5.91 Å². The smallest absolute Gasteiger partial charge is 0.326 e. The highest BCUT2D eigenvalue weighted by atomic mass is 16.4. The van der Waals surface area contributed by atoms with E-state index < -0.39 is 12.0 Å². The summed E-state index contributed by atoms with van der Waals surface area (Å²) in [6, 6.07) is -0.760. The fourth-order valence-electron chi connectivity index (χ4n) is 3.00. The van der Waals surface area contributed by atoms with Crippen LogP contribution in [-0.4, -0.2) is 29.6 Å². The second kappa shape index (κ2) is 8.25. The van der Waals surface area contributed by atoms with E-state index in [1.165, 1.54) is 0 Å². The highest BCUT2D eigenvalue weighted by Gasteiger charge is 2.32. The van der Waals surface area contributed by atoms with Crippen molar-refractivity contribution in [2.45, 2.75) is 58.4 Å². The topological polar surface area (TPSA) is 92.4 Å². The summed E-state index contributed by atoms with van der Waals surface area (Å²) in [7, 11) is 0. The average molecular weight is 284 g/mol. The molecule has 1 amide bonds. The zero-order valence-electron chi connectivity index (χ0n) is 12.6. The molecule has 0 bridgehead atoms. The van der Waals surface area contributed by atoms with Crippen LogP contribution in [0.2, 0.25) is 0 Å². The zero-order chi connectivity index (χ0) is 15.1. The number of carboxylic acid groups (broad SMARTS) is 1. The maximum atomic E-state index is 12.2. The minimum absolute atomic E-state index is 0.0580. The van der Waals surface area contributed by atoms with Crippen LogP contribution in [0.3, 0.4) is 0 Å². The molecule has 1 saturated carbocycles. The minimum Gasteiger partial charge on any atom is -0.480 e. The van der Waals surface area contributed by atoms with Gasteiger partial charge < -0.3 is 16.2 Å². The van der Waals surface area contributed by atoms with E-state index in [0.29, 0.717) is 12.3 Å². The molecule has 1 fully saturated rings. The summed E-state index contributed by atoms with van der Waals surface area (Å²) in [5.74, 6) is -1.000. The molecule has 20 heavy (non-hydrogen) atoms. The number of carboxylic acids is 1. The predicted molar refractivity (Wildman–Crippen MR) is 78.1 cm³/mol. The highest BCUT2D eigenvalue weighted by Crippen LogP contribution is 2.27. The van der Waals surface area contributed by atoms with E-state index in [1.807, 2.05) is 13.8 Å². The fraction of sp³-hybridized carbons (Fsp3) is 0.867. The van der Waals surface area contributed by atoms with Gasteiger partial charge in [-0.3, -0.25) is 4.79 Å². The molecule has 0 spiro atoms. The van der Waals surface area contributed by atoms with Gasteiger partial charge in [0.05, 0.1) is 5.92 Å². The van der Waals surface area contributed by atoms with Crippen molar-refractivity contribution in [3.8, 4) is 0 Å². The molecular formula is C15H28N2O3. The lowest BCUT2D eigenvalue weighted by Crippen LogP contribution is -2.49. The van der Waals surface area contributed by atoms with Crippen LogP contribution in [0, 0.1) is 17.8 Å². The maximum absolute atomic E-state index is 12.2. The number of carbonyl (C=O) groups excluding carboxylic acids is 1. The van der Waals surface area contributed by atoms with E-state index in [-0.39, 0.29) is 24.3 Å². The highest BCUT2D eigenvalue weighted by molar-refractivity contribution is 5.85. The lowest BCUT2D eigenvalue weighted by atomic mass is 9.83. The maximum Gasteiger partial charge on any atom is 0.326 e. The molecule has 0 heterocycles. The van der Waals surface area contributed by atoms with Crippen molar-refractivity contribution in [1.29, 1.82) is 0 Å². The van der Waals surface area contributed by atoms with E-state index >= 15 is 0 Å². The SMILES string of the molecule is CC(C)CC(CN)C(=O)NC(C(=O)O)C1CCCCC1. The van der Waals surface area contributed by atoms with Gasteiger partial charge >= 0.3 is 5.97 Å². The van der Waals surface area contributed by atoms with Gasteiger partial charge in [0.25, 0.3) is 0 Å². The monoisotopic (exact) mass is 284 g/mol. The Morgan fingerprint density at radius 2 is 1.85 bits per heavy atom. The summed E-state index contributed by atoms with van der Waals surface area (Å²) in [4.78, 5) is 23.6. The first-order valence-corrected chi connectivity index (χ1v) is 7.69. The minimum atomic E-state index is -0.925. The summed E-state index contributed by atoms with van der Waals surface area (Å²) in [6.07, 6.45) is 5.73. The van der Waals surface area contributed by atoms with Gasteiger partial charge in [0.15, 0.2) is 0 Å². The van der Waals surface area contributed by atoms with Gasteiger partial charge in [0, 0.05) is 6.54 Å². The van der Waals surface area contributed by atoms with E-state index in [0.717, 1.165) is 32.1 Å². The molecule has 2 unspecified atom stereocenters. The fourth-order valence-corrected chi connectivity index (χ4v) is 3.00. The summed E-state index contributed by atoms with van der Waals surface area (Å²) in [6.45, 7) is 4.33. The molecular weight excluding hydrogens is 256 g/mol. The van der Waals surface area contributed by atoms with Crippen molar-refractivity contribution in [2.24, 2.45) is 23.5 Å². The molecule has 0 aromatic carbocycles. The summed E-state index contributed by atoms with van der Waals surface area (Å²) < 4.78 is 0. The molecule has 2 atom stereocenters. The first-order chi connectivity index (χ1) is 9.45. The Hall–Kier alpha value is -1.10. The van der Waals surface area contributed by atoms with E-state index in [1.54, 1.807) is 0 Å². The second-order valence-electron chi connectivity index (χ2n) is 6.28. The number of amides is 1. The normalized spacial score (nSPS) is 19.6. The summed E-state index contributed by atoms with van der Waals surface area (Å²) >= 11 is 0. The third-order valence-electron chi connectivity index (χ3n) is 4.10. The van der Waals surface area contributed by atoms with Crippen molar-refractivity contribution >= 4 is 11.9 Å². The van der Waals surface area contributed by atoms with Crippen LogP contribution >= 0.6 is 0 Å². The van der Waals surface area contributed by atoms with E-state index in [9.17, 15) is 14.7 Å². The number of hydrogen-bond donors (Lipinski definition) is 3. The molecule has 4 N–H and O–H groups in total. The number of carbonyl (C=O) groups is 2. The molecule has 1 aliphatic rings. The molecule has 5 nitrogen and oxygen atoms in total. The lowest BCUT2D eigenvalue weighted by molar-refractivity contribution is -0.144. The van der Waals surface area contributed by atoms with Crippen molar-refractivity contribution in [1.82, 2.24) is 5.32 Å². The Bertz CT molecular complexity index is 325. The molecule has 0 aromatic rings. The number of hydrogen-bond acceptors (Lipinski definition) is 3. The largest absolute Gasteiger partial charge is 0.480 e. The quantitative estimate of drug-likeness (QED) is 0.664. The van der Waals surface area contributed by atoms with Crippen LogP contribution in [0.15, 0.2) is 0 Å². The van der Waals surface area contributed by atoms with E-state index in [4.69, 9.17) is 5.73 Å². The van der Waals surface area contributed by atoms with Crippen LogP contribution in [0.5, 0.6) is 0 Å². The Kier molecular flexibility index (Phi) is 6.99. The summed E-state index contributed by atoms with van der Waals surface area (Å²) in [5, 5.41) is 12.1. The van der Waals surface area contributed by atoms with Gasteiger partial charge in [-0.15, -0.1) is 0 Å². The average Bonchev–Trinajstić information content (AvgIpc) is 2.42. The molecule has 116 valence electrons. The van der Waals surface area contributed by atoms with Crippen LogP contribution in [0.25, 0.3) is 0 Å². The van der Waals surface area contributed by atoms with E-state index in [2.05, 4.69) is 5.32 Å². The number of aliphatic carboxylic acids is 1. The standard InChI is InChI=1S/C15H28N2O3/c1-10(2)8-12(9-16)14(18)17-13(15(19)20)11-6-4-3-5-7-11/h10-13H,3-9,16H2,1-2H3,(H,17,18)(H,19,20). The second-order valence-corrected chi connectivity index (χ2v) is 6.28. The Balaban J connectivity index is 2.63. The molecule has 1 rings (SSSR count). The first-order valence-electron chi connectivity index (χ1n) is 7.69. The third kappa shape index (κ3) is 5.12. The third-order valence-corrected chi connectivity index (χ3v) is 4.10. The van der Waals surface area contributed by atoms with Crippen LogP contribution in [-0.2, 0) is 9.59 Å². The molecule has 0 radical (unpaired) electrons. The van der Waals surface area contributed by atoms with Gasteiger partial charge in [-0.05, 0) is 31.1 Å². The number of rotatable bonds is 7. The van der Waals surface area contributed by atoms with Gasteiger partial charge in [-0.25, -0.2) is 4.79 Å². The molecule has 0 aliphatic heterocycles.